The number of fused-ring (bicyclic) bond motifs is 2. The molecule has 2 aromatic carbocycles. The fraction of sp³-hybridized carbons (Fsp3) is 0.154. The van der Waals surface area contributed by atoms with Crippen LogP contribution in [0.2, 0.25) is 0 Å². The lowest BCUT2D eigenvalue weighted by Gasteiger charge is -2.13. The molecule has 3 heterocycles. The minimum atomic E-state index is -0.398. The van der Waals surface area contributed by atoms with Crippen molar-refractivity contribution in [3.8, 4) is 5.82 Å². The number of para-hydroxylation sites is 1. The summed E-state index contributed by atoms with van der Waals surface area (Å²) < 4.78 is 6.97. The van der Waals surface area contributed by atoms with E-state index in [0.717, 1.165) is 27.6 Å². The summed E-state index contributed by atoms with van der Waals surface area (Å²) in [5.74, 6) is 0.964. The summed E-state index contributed by atoms with van der Waals surface area (Å²) >= 11 is 1.39. The van der Waals surface area contributed by atoms with E-state index in [0.29, 0.717) is 33.2 Å². The smallest absolute Gasteiger partial charge is 0.336 e. The SMILES string of the molecule is Cc1ccnc(-n2c(SCc3cc(=O)oc4cc(C)c(C)cc34)nc3ccccc3c2=O)c1. The van der Waals surface area contributed by atoms with E-state index in [2.05, 4.69) is 4.98 Å². The Labute approximate surface area is 193 Å². The number of aryl methyl sites for hydroxylation is 3. The van der Waals surface area contributed by atoms with E-state index in [1.54, 1.807) is 16.8 Å². The lowest BCUT2D eigenvalue weighted by Crippen LogP contribution is -2.22. The average molecular weight is 456 g/mol. The number of hydrogen-bond donors (Lipinski definition) is 0. The lowest BCUT2D eigenvalue weighted by molar-refractivity contribution is 0.559. The number of hydrogen-bond acceptors (Lipinski definition) is 6. The van der Waals surface area contributed by atoms with E-state index in [1.165, 1.54) is 17.8 Å². The van der Waals surface area contributed by atoms with Gasteiger partial charge in [-0.05, 0) is 79.4 Å². The minimum absolute atomic E-state index is 0.176. The number of thioether (sulfide) groups is 1. The van der Waals surface area contributed by atoms with Crippen molar-refractivity contribution in [2.45, 2.75) is 31.7 Å². The second-order valence-electron chi connectivity index (χ2n) is 8.06. The van der Waals surface area contributed by atoms with Gasteiger partial charge in [0, 0.05) is 23.4 Å². The van der Waals surface area contributed by atoms with Crippen LogP contribution >= 0.6 is 11.8 Å². The van der Waals surface area contributed by atoms with Crippen LogP contribution in [0.5, 0.6) is 0 Å². The first-order valence-corrected chi connectivity index (χ1v) is 11.5. The van der Waals surface area contributed by atoms with Crippen LogP contribution in [-0.2, 0) is 5.75 Å². The van der Waals surface area contributed by atoms with E-state index in [9.17, 15) is 9.59 Å². The summed E-state index contributed by atoms with van der Waals surface area (Å²) in [7, 11) is 0. The van der Waals surface area contributed by atoms with Crippen molar-refractivity contribution in [2.75, 3.05) is 0 Å². The predicted molar refractivity (Wildman–Crippen MR) is 131 cm³/mol. The number of rotatable bonds is 4. The van der Waals surface area contributed by atoms with Crippen LogP contribution < -0.4 is 11.2 Å². The van der Waals surface area contributed by atoms with Gasteiger partial charge in [0.25, 0.3) is 5.56 Å². The minimum Gasteiger partial charge on any atom is -0.423 e. The predicted octanol–water partition coefficient (Wildman–Crippen LogP) is 5.10. The lowest BCUT2D eigenvalue weighted by atomic mass is 10.0. The normalized spacial score (nSPS) is 11.4. The number of benzene rings is 2. The molecule has 164 valence electrons. The Bertz CT molecular complexity index is 1650. The van der Waals surface area contributed by atoms with E-state index in [1.807, 2.05) is 63.2 Å². The van der Waals surface area contributed by atoms with Gasteiger partial charge in [0.15, 0.2) is 5.16 Å². The Hall–Kier alpha value is -3.71. The van der Waals surface area contributed by atoms with Crippen molar-refractivity contribution in [1.29, 1.82) is 0 Å². The first kappa shape index (κ1) is 21.2. The summed E-state index contributed by atoms with van der Waals surface area (Å²) in [4.78, 5) is 34.8. The van der Waals surface area contributed by atoms with Gasteiger partial charge < -0.3 is 4.42 Å². The molecule has 3 aromatic heterocycles. The molecule has 0 N–H and O–H groups in total. The monoisotopic (exact) mass is 455 g/mol. The van der Waals surface area contributed by atoms with Gasteiger partial charge in [-0.1, -0.05) is 23.9 Å². The second-order valence-corrected chi connectivity index (χ2v) is 9.00. The van der Waals surface area contributed by atoms with Crippen LogP contribution in [0.3, 0.4) is 0 Å². The molecule has 0 saturated heterocycles. The highest BCUT2D eigenvalue weighted by Crippen LogP contribution is 2.28. The van der Waals surface area contributed by atoms with Gasteiger partial charge in [-0.15, -0.1) is 0 Å². The highest BCUT2D eigenvalue weighted by atomic mass is 32.2. The molecular weight excluding hydrogens is 434 g/mol. The first-order valence-electron chi connectivity index (χ1n) is 10.5. The summed E-state index contributed by atoms with van der Waals surface area (Å²) in [6.45, 7) is 5.97. The molecule has 0 aliphatic carbocycles. The molecule has 6 nitrogen and oxygen atoms in total. The summed E-state index contributed by atoms with van der Waals surface area (Å²) in [5, 5.41) is 1.93. The zero-order valence-electron chi connectivity index (χ0n) is 18.5. The third kappa shape index (κ3) is 3.96. The Kier molecular flexibility index (Phi) is 5.34. The van der Waals surface area contributed by atoms with Crippen molar-refractivity contribution < 1.29 is 4.42 Å². The Morgan fingerprint density at radius 3 is 2.55 bits per heavy atom. The van der Waals surface area contributed by atoms with Gasteiger partial charge in [0.1, 0.15) is 11.4 Å². The molecule has 7 heteroatoms. The Morgan fingerprint density at radius 1 is 0.939 bits per heavy atom. The number of pyridine rings is 1. The molecule has 0 fully saturated rings. The molecule has 5 aromatic rings. The molecule has 0 amide bonds. The van der Waals surface area contributed by atoms with Gasteiger partial charge in [-0.3, -0.25) is 4.79 Å². The van der Waals surface area contributed by atoms with E-state index < -0.39 is 5.63 Å². The van der Waals surface area contributed by atoms with E-state index in [-0.39, 0.29) is 5.56 Å². The third-order valence-corrected chi connectivity index (χ3v) is 6.66. The maximum atomic E-state index is 13.4. The molecule has 0 spiro atoms. The zero-order valence-corrected chi connectivity index (χ0v) is 19.3. The molecule has 0 aliphatic heterocycles. The van der Waals surface area contributed by atoms with Crippen LogP contribution in [-0.4, -0.2) is 14.5 Å². The quantitative estimate of drug-likeness (QED) is 0.213. The van der Waals surface area contributed by atoms with Crippen LogP contribution in [0, 0.1) is 20.8 Å². The molecule has 0 radical (unpaired) electrons. The summed E-state index contributed by atoms with van der Waals surface area (Å²) in [5.41, 5.74) is 4.62. The summed E-state index contributed by atoms with van der Waals surface area (Å²) in [6.07, 6.45) is 1.68. The molecule has 33 heavy (non-hydrogen) atoms. The maximum Gasteiger partial charge on any atom is 0.336 e. The fourth-order valence-corrected chi connectivity index (χ4v) is 4.79. The standard InChI is InChI=1S/C26H21N3O3S/c1-15-8-9-27-23(10-15)29-25(31)19-6-4-5-7-21(19)28-26(29)33-14-18-13-24(30)32-22-12-17(3)16(2)11-20(18)22/h4-13H,14H2,1-3H3. The Balaban J connectivity index is 1.66. The Morgan fingerprint density at radius 2 is 1.73 bits per heavy atom. The van der Waals surface area contributed by atoms with Crippen molar-refractivity contribution >= 4 is 33.6 Å². The van der Waals surface area contributed by atoms with Gasteiger partial charge in [-0.25, -0.2) is 19.3 Å². The molecule has 0 unspecified atom stereocenters. The average Bonchev–Trinajstić information content (AvgIpc) is 2.79. The molecule has 5 rings (SSSR count). The van der Waals surface area contributed by atoms with Gasteiger partial charge in [-0.2, -0.15) is 0 Å². The molecule has 0 atom stereocenters. The molecule has 0 saturated carbocycles. The maximum absolute atomic E-state index is 13.4. The third-order valence-electron chi connectivity index (χ3n) is 5.68. The van der Waals surface area contributed by atoms with Crippen molar-refractivity contribution in [3.63, 3.8) is 0 Å². The molecule has 0 aliphatic rings. The molecular formula is C26H21N3O3S. The number of nitrogens with zero attached hydrogens (tertiary/aromatic N) is 3. The van der Waals surface area contributed by atoms with Crippen molar-refractivity contribution in [2.24, 2.45) is 0 Å². The van der Waals surface area contributed by atoms with Crippen molar-refractivity contribution in [3.05, 3.63) is 104 Å². The summed E-state index contributed by atoms with van der Waals surface area (Å²) in [6, 6.07) is 16.5. The largest absolute Gasteiger partial charge is 0.423 e. The van der Waals surface area contributed by atoms with E-state index in [4.69, 9.17) is 9.40 Å². The fourth-order valence-electron chi connectivity index (χ4n) is 3.80. The zero-order chi connectivity index (χ0) is 23.1. The topological polar surface area (TPSA) is 78.0 Å². The van der Waals surface area contributed by atoms with Gasteiger partial charge in [0.05, 0.1) is 10.9 Å². The molecule has 0 bridgehead atoms. The van der Waals surface area contributed by atoms with Gasteiger partial charge in [0.2, 0.25) is 0 Å². The second kappa shape index (κ2) is 8.33. The van der Waals surface area contributed by atoms with Crippen molar-refractivity contribution in [1.82, 2.24) is 14.5 Å². The van der Waals surface area contributed by atoms with E-state index >= 15 is 0 Å². The van der Waals surface area contributed by atoms with Crippen LogP contribution in [0.4, 0.5) is 0 Å². The number of aromatic nitrogens is 3. The first-order chi connectivity index (χ1) is 15.9. The van der Waals surface area contributed by atoms with Crippen LogP contribution in [0.1, 0.15) is 22.3 Å². The van der Waals surface area contributed by atoms with Crippen LogP contribution in [0.25, 0.3) is 27.7 Å². The highest BCUT2D eigenvalue weighted by molar-refractivity contribution is 7.98. The highest BCUT2D eigenvalue weighted by Gasteiger charge is 2.16. The van der Waals surface area contributed by atoms with Gasteiger partial charge >= 0.3 is 5.63 Å². The van der Waals surface area contributed by atoms with Crippen LogP contribution in [0.15, 0.2) is 80.0 Å².